The number of aryl methyl sites for hydroxylation is 2. The lowest BCUT2D eigenvalue weighted by molar-refractivity contribution is -0.726. The predicted octanol–water partition coefficient (Wildman–Crippen LogP) is -1.64. The summed E-state index contributed by atoms with van der Waals surface area (Å²) in [5.74, 6) is 0. The fourth-order valence-electron chi connectivity index (χ4n) is 1.60. The lowest BCUT2D eigenvalue weighted by atomic mass is 10.3. The van der Waals surface area contributed by atoms with Gasteiger partial charge in [0.05, 0.1) is 6.42 Å². The molecule has 0 unspecified atom stereocenters. The molecule has 0 N–H and O–H groups in total. The van der Waals surface area contributed by atoms with E-state index in [1.807, 2.05) is 12.1 Å². The van der Waals surface area contributed by atoms with Gasteiger partial charge in [0.2, 0.25) is 0 Å². The average molecular weight is 327 g/mol. The summed E-state index contributed by atoms with van der Waals surface area (Å²) < 4.78 is 4.42. The Hall–Kier alpha value is -0.970. The zero-order chi connectivity index (χ0) is 10.3. The van der Waals surface area contributed by atoms with Gasteiger partial charge in [-0.3, -0.25) is 0 Å². The van der Waals surface area contributed by atoms with Crippen LogP contribution in [0.3, 0.4) is 0 Å². The van der Waals surface area contributed by atoms with Gasteiger partial charge in [-0.2, -0.15) is 0 Å². The van der Waals surface area contributed by atoms with E-state index in [2.05, 4.69) is 58.2 Å². The maximum atomic E-state index is 2.21. The molecule has 0 atom stereocenters. The van der Waals surface area contributed by atoms with Crippen LogP contribution in [0.2, 0.25) is 0 Å². The van der Waals surface area contributed by atoms with Crippen LogP contribution in [0, 0.1) is 0 Å². The summed E-state index contributed by atoms with van der Waals surface area (Å²) in [6.07, 6.45) is 9.58. The van der Waals surface area contributed by atoms with Gasteiger partial charge < -0.3 is 24.0 Å². The number of halogens is 1. The van der Waals surface area contributed by atoms with Crippen LogP contribution < -0.4 is 33.1 Å². The molecule has 0 amide bonds. The number of rotatable bonds is 4. The molecule has 0 aliphatic carbocycles. The first-order chi connectivity index (χ1) is 7.45. The minimum atomic E-state index is 0. The first kappa shape index (κ1) is 13.1. The highest BCUT2D eigenvalue weighted by Gasteiger charge is 2.01. The van der Waals surface area contributed by atoms with Crippen molar-refractivity contribution in [1.29, 1.82) is 0 Å². The Morgan fingerprint density at radius 1 is 0.562 bits per heavy atom. The lowest BCUT2D eigenvalue weighted by Gasteiger charge is -1.95. The fraction of sp³-hybridized carbons (Fsp3) is 0.231. The molecule has 0 aliphatic rings. The molecule has 2 nitrogen and oxygen atoms in total. The van der Waals surface area contributed by atoms with E-state index < -0.39 is 0 Å². The van der Waals surface area contributed by atoms with Crippen LogP contribution >= 0.6 is 0 Å². The van der Waals surface area contributed by atoms with Gasteiger partial charge in [-0.05, 0) is 0 Å². The molecule has 84 valence electrons. The van der Waals surface area contributed by atoms with Crippen LogP contribution in [0.1, 0.15) is 6.42 Å². The van der Waals surface area contributed by atoms with Crippen molar-refractivity contribution in [3.05, 3.63) is 61.2 Å². The molecule has 0 saturated heterocycles. The van der Waals surface area contributed by atoms with E-state index >= 15 is 0 Å². The zero-order valence-electron chi connectivity index (χ0n) is 9.17. The van der Waals surface area contributed by atoms with Crippen molar-refractivity contribution in [3.8, 4) is 0 Å². The Labute approximate surface area is 114 Å². The third kappa shape index (κ3) is 4.26. The zero-order valence-corrected chi connectivity index (χ0v) is 11.3. The topological polar surface area (TPSA) is 7.76 Å². The van der Waals surface area contributed by atoms with E-state index in [-0.39, 0.29) is 24.0 Å². The van der Waals surface area contributed by atoms with Crippen molar-refractivity contribution < 1.29 is 33.1 Å². The van der Waals surface area contributed by atoms with Crippen molar-refractivity contribution in [3.63, 3.8) is 0 Å². The summed E-state index contributed by atoms with van der Waals surface area (Å²) in [4.78, 5) is 0. The van der Waals surface area contributed by atoms with Crippen LogP contribution in [0.25, 0.3) is 0 Å². The number of aromatic nitrogens is 2. The molecule has 2 heterocycles. The highest BCUT2D eigenvalue weighted by atomic mass is 127. The summed E-state index contributed by atoms with van der Waals surface area (Å²) in [5, 5.41) is 0. The SMILES string of the molecule is [I-].c1cc[n+](CCC[n+]2ccccc2)cc1. The molecule has 2 aromatic heterocycles. The molecule has 0 aliphatic heterocycles. The average Bonchev–Trinajstić information content (AvgIpc) is 2.32. The summed E-state index contributed by atoms with van der Waals surface area (Å²) in [6.45, 7) is 2.14. The molecular formula is C13H16IN2+. The Balaban J connectivity index is 0.00000128. The summed E-state index contributed by atoms with van der Waals surface area (Å²) >= 11 is 0. The molecule has 3 heteroatoms. The number of nitrogens with zero attached hydrogens (tertiary/aromatic N) is 2. The third-order valence-electron chi connectivity index (χ3n) is 2.39. The number of pyridine rings is 2. The van der Waals surface area contributed by atoms with Crippen molar-refractivity contribution in [1.82, 2.24) is 0 Å². The molecule has 16 heavy (non-hydrogen) atoms. The second-order valence-corrected chi connectivity index (χ2v) is 3.58. The maximum absolute atomic E-state index is 2.21. The summed E-state index contributed by atoms with van der Waals surface area (Å²) in [5.41, 5.74) is 0. The van der Waals surface area contributed by atoms with Crippen molar-refractivity contribution >= 4 is 0 Å². The molecule has 0 fully saturated rings. The Morgan fingerprint density at radius 3 is 1.31 bits per heavy atom. The fourth-order valence-corrected chi connectivity index (χ4v) is 1.60. The van der Waals surface area contributed by atoms with Gasteiger partial charge in [0.15, 0.2) is 37.9 Å². The lowest BCUT2D eigenvalue weighted by Crippen LogP contribution is -3.00. The largest absolute Gasteiger partial charge is 1.00 e. The van der Waals surface area contributed by atoms with E-state index in [9.17, 15) is 0 Å². The molecular weight excluding hydrogens is 311 g/mol. The van der Waals surface area contributed by atoms with Crippen LogP contribution in [-0.2, 0) is 13.1 Å². The van der Waals surface area contributed by atoms with Crippen LogP contribution in [0.15, 0.2) is 61.2 Å². The first-order valence-electron chi connectivity index (χ1n) is 5.33. The highest BCUT2D eigenvalue weighted by Crippen LogP contribution is 1.84. The van der Waals surface area contributed by atoms with Gasteiger partial charge in [0.1, 0.15) is 0 Å². The van der Waals surface area contributed by atoms with Crippen molar-refractivity contribution in [2.24, 2.45) is 0 Å². The Kier molecular flexibility index (Phi) is 6.00. The molecule has 0 radical (unpaired) electrons. The predicted molar refractivity (Wildman–Crippen MR) is 57.9 cm³/mol. The molecule has 2 aromatic rings. The van der Waals surface area contributed by atoms with Crippen LogP contribution in [0.4, 0.5) is 0 Å². The minimum Gasteiger partial charge on any atom is -1.00 e. The van der Waals surface area contributed by atoms with Gasteiger partial charge in [-0.25, -0.2) is 9.13 Å². The minimum absolute atomic E-state index is 0. The molecule has 0 bridgehead atoms. The van der Waals surface area contributed by atoms with Gasteiger partial charge >= 0.3 is 0 Å². The number of hydrogen-bond donors (Lipinski definition) is 0. The molecule has 0 spiro atoms. The van der Waals surface area contributed by atoms with E-state index in [4.69, 9.17) is 0 Å². The molecule has 0 aromatic carbocycles. The van der Waals surface area contributed by atoms with E-state index in [1.54, 1.807) is 0 Å². The quantitative estimate of drug-likeness (QED) is 0.470. The number of hydrogen-bond acceptors (Lipinski definition) is 0. The second kappa shape index (κ2) is 7.33. The van der Waals surface area contributed by atoms with E-state index in [0.717, 1.165) is 19.5 Å². The van der Waals surface area contributed by atoms with E-state index in [1.165, 1.54) is 0 Å². The standard InChI is InChI=1S/C13H16N2.HI/c1-3-8-14(9-4-1)12-7-13-15-10-5-2-6-11-15;/h1-6,8-11H,7,12-13H2;1H/q+2;/p-1. The monoisotopic (exact) mass is 327 g/mol. The van der Waals surface area contributed by atoms with Crippen LogP contribution in [0.5, 0.6) is 0 Å². The van der Waals surface area contributed by atoms with Crippen LogP contribution in [-0.4, -0.2) is 0 Å². The highest BCUT2D eigenvalue weighted by molar-refractivity contribution is 4.84. The maximum Gasteiger partial charge on any atom is 0.168 e. The smallest absolute Gasteiger partial charge is 0.168 e. The summed E-state index contributed by atoms with van der Waals surface area (Å²) in [6, 6.07) is 12.3. The third-order valence-corrected chi connectivity index (χ3v) is 2.39. The van der Waals surface area contributed by atoms with E-state index in [0.29, 0.717) is 0 Å². The Morgan fingerprint density at radius 2 is 0.938 bits per heavy atom. The Bertz CT molecular complexity index is 350. The van der Waals surface area contributed by atoms with Gasteiger partial charge in [-0.1, -0.05) is 12.1 Å². The molecule has 0 saturated carbocycles. The normalized spacial score (nSPS) is 9.50. The van der Waals surface area contributed by atoms with Gasteiger partial charge in [0, 0.05) is 24.3 Å². The summed E-state index contributed by atoms with van der Waals surface area (Å²) in [7, 11) is 0. The van der Waals surface area contributed by atoms with Crippen molar-refractivity contribution in [2.75, 3.05) is 0 Å². The second-order valence-electron chi connectivity index (χ2n) is 3.58. The first-order valence-corrected chi connectivity index (χ1v) is 5.33. The van der Waals surface area contributed by atoms with Gasteiger partial charge in [-0.15, -0.1) is 0 Å². The van der Waals surface area contributed by atoms with Crippen molar-refractivity contribution in [2.45, 2.75) is 19.5 Å². The van der Waals surface area contributed by atoms with Gasteiger partial charge in [0.25, 0.3) is 0 Å². The molecule has 2 rings (SSSR count).